The van der Waals surface area contributed by atoms with Crippen molar-refractivity contribution in [3.63, 3.8) is 0 Å². The number of para-hydroxylation sites is 1. The highest BCUT2D eigenvalue weighted by atomic mass is 16.5. The van der Waals surface area contributed by atoms with E-state index in [1.807, 2.05) is 62.4 Å². The number of carbonyl (C=O) groups excluding carboxylic acids is 1. The fraction of sp³-hybridized carbons (Fsp3) is 0.200. The van der Waals surface area contributed by atoms with Crippen LogP contribution in [0.4, 0.5) is 0 Å². The van der Waals surface area contributed by atoms with Gasteiger partial charge in [-0.05, 0) is 43.2 Å². The van der Waals surface area contributed by atoms with Crippen LogP contribution in [0.2, 0.25) is 0 Å². The van der Waals surface area contributed by atoms with E-state index < -0.39 is 0 Å². The predicted molar refractivity (Wildman–Crippen MR) is 95.4 cm³/mol. The average molecular weight is 320 g/mol. The van der Waals surface area contributed by atoms with Gasteiger partial charge in [-0.3, -0.25) is 9.78 Å². The SMILES string of the molecule is COc1cccc(CNC(=O)c2cc(C)nc3c(C)cccc23)c1. The van der Waals surface area contributed by atoms with Crippen LogP contribution in [0.3, 0.4) is 0 Å². The molecule has 3 aromatic rings. The molecule has 0 spiro atoms. The summed E-state index contributed by atoms with van der Waals surface area (Å²) in [6.45, 7) is 4.36. The molecule has 0 unspecified atom stereocenters. The van der Waals surface area contributed by atoms with E-state index in [1.165, 1.54) is 0 Å². The van der Waals surface area contributed by atoms with Gasteiger partial charge in [0.15, 0.2) is 0 Å². The van der Waals surface area contributed by atoms with Crippen LogP contribution in [0, 0.1) is 13.8 Å². The highest BCUT2D eigenvalue weighted by Crippen LogP contribution is 2.21. The summed E-state index contributed by atoms with van der Waals surface area (Å²) in [5.74, 6) is 0.682. The third-order valence-corrected chi connectivity index (χ3v) is 4.00. The molecule has 0 radical (unpaired) electrons. The summed E-state index contributed by atoms with van der Waals surface area (Å²) in [7, 11) is 1.63. The van der Waals surface area contributed by atoms with Gasteiger partial charge < -0.3 is 10.1 Å². The Hall–Kier alpha value is -2.88. The predicted octanol–water partition coefficient (Wildman–Crippen LogP) is 3.79. The van der Waals surface area contributed by atoms with E-state index in [1.54, 1.807) is 7.11 Å². The normalized spacial score (nSPS) is 10.6. The zero-order valence-corrected chi connectivity index (χ0v) is 14.1. The number of methoxy groups -OCH3 is 1. The molecule has 0 aliphatic carbocycles. The number of ether oxygens (including phenoxy) is 1. The van der Waals surface area contributed by atoms with Crippen LogP contribution in [-0.2, 0) is 6.54 Å². The Labute approximate surface area is 141 Å². The summed E-state index contributed by atoms with van der Waals surface area (Å²) in [5.41, 5.74) is 4.43. The number of pyridine rings is 1. The lowest BCUT2D eigenvalue weighted by Gasteiger charge is -2.11. The third kappa shape index (κ3) is 3.23. The van der Waals surface area contributed by atoms with E-state index in [0.717, 1.165) is 33.5 Å². The maximum absolute atomic E-state index is 12.7. The summed E-state index contributed by atoms with van der Waals surface area (Å²) in [4.78, 5) is 17.2. The number of fused-ring (bicyclic) bond motifs is 1. The molecule has 0 aliphatic heterocycles. The molecule has 24 heavy (non-hydrogen) atoms. The molecule has 0 atom stereocenters. The number of benzene rings is 2. The van der Waals surface area contributed by atoms with Crippen LogP contribution in [0.1, 0.15) is 27.2 Å². The molecule has 1 N–H and O–H groups in total. The van der Waals surface area contributed by atoms with Crippen molar-refractivity contribution in [1.29, 1.82) is 0 Å². The van der Waals surface area contributed by atoms with Crippen molar-refractivity contribution in [1.82, 2.24) is 10.3 Å². The molecule has 2 aromatic carbocycles. The first-order chi connectivity index (χ1) is 11.6. The molecular formula is C20H20N2O2. The lowest BCUT2D eigenvalue weighted by molar-refractivity contribution is 0.0952. The topological polar surface area (TPSA) is 51.2 Å². The van der Waals surface area contributed by atoms with Gasteiger partial charge in [-0.25, -0.2) is 0 Å². The molecule has 122 valence electrons. The highest BCUT2D eigenvalue weighted by molar-refractivity contribution is 6.06. The van der Waals surface area contributed by atoms with Crippen LogP contribution >= 0.6 is 0 Å². The fourth-order valence-electron chi connectivity index (χ4n) is 2.77. The average Bonchev–Trinajstić information content (AvgIpc) is 2.60. The lowest BCUT2D eigenvalue weighted by atomic mass is 10.0. The van der Waals surface area contributed by atoms with E-state index in [4.69, 9.17) is 4.74 Å². The van der Waals surface area contributed by atoms with Gasteiger partial charge in [0.05, 0.1) is 18.2 Å². The van der Waals surface area contributed by atoms with E-state index >= 15 is 0 Å². The first kappa shape index (κ1) is 16.0. The maximum Gasteiger partial charge on any atom is 0.252 e. The van der Waals surface area contributed by atoms with E-state index in [9.17, 15) is 4.79 Å². The largest absolute Gasteiger partial charge is 0.497 e. The molecule has 0 saturated heterocycles. The van der Waals surface area contributed by atoms with Crippen molar-refractivity contribution >= 4 is 16.8 Å². The van der Waals surface area contributed by atoms with Gasteiger partial charge in [-0.1, -0.05) is 30.3 Å². The maximum atomic E-state index is 12.7. The Balaban J connectivity index is 1.87. The van der Waals surface area contributed by atoms with Crippen LogP contribution < -0.4 is 10.1 Å². The second-order valence-corrected chi connectivity index (χ2v) is 5.82. The number of aromatic nitrogens is 1. The Kier molecular flexibility index (Phi) is 4.47. The van der Waals surface area contributed by atoms with E-state index in [0.29, 0.717) is 12.1 Å². The number of hydrogen-bond acceptors (Lipinski definition) is 3. The van der Waals surface area contributed by atoms with Crippen LogP contribution in [0.15, 0.2) is 48.5 Å². The molecule has 1 heterocycles. The van der Waals surface area contributed by atoms with E-state index in [2.05, 4.69) is 10.3 Å². The van der Waals surface area contributed by atoms with Crippen molar-refractivity contribution in [3.05, 3.63) is 70.9 Å². The van der Waals surface area contributed by atoms with Crippen molar-refractivity contribution in [2.45, 2.75) is 20.4 Å². The Morgan fingerprint density at radius 1 is 1.12 bits per heavy atom. The number of amides is 1. The zero-order valence-electron chi connectivity index (χ0n) is 14.1. The van der Waals surface area contributed by atoms with Gasteiger partial charge >= 0.3 is 0 Å². The molecule has 1 amide bonds. The second kappa shape index (κ2) is 6.71. The highest BCUT2D eigenvalue weighted by Gasteiger charge is 2.13. The van der Waals surface area contributed by atoms with Crippen molar-refractivity contribution in [2.75, 3.05) is 7.11 Å². The summed E-state index contributed by atoms with van der Waals surface area (Å²) in [6.07, 6.45) is 0. The first-order valence-corrected chi connectivity index (χ1v) is 7.86. The van der Waals surface area contributed by atoms with Crippen LogP contribution in [0.5, 0.6) is 5.75 Å². The van der Waals surface area contributed by atoms with Crippen molar-refractivity contribution < 1.29 is 9.53 Å². The Morgan fingerprint density at radius 2 is 1.92 bits per heavy atom. The van der Waals surface area contributed by atoms with Gasteiger partial charge in [0.2, 0.25) is 0 Å². The van der Waals surface area contributed by atoms with Gasteiger partial charge in [0.1, 0.15) is 5.75 Å². The van der Waals surface area contributed by atoms with Gasteiger partial charge in [0, 0.05) is 17.6 Å². The number of aryl methyl sites for hydroxylation is 2. The van der Waals surface area contributed by atoms with E-state index in [-0.39, 0.29) is 5.91 Å². The zero-order chi connectivity index (χ0) is 17.1. The van der Waals surface area contributed by atoms with Gasteiger partial charge in [-0.2, -0.15) is 0 Å². The Morgan fingerprint density at radius 3 is 2.71 bits per heavy atom. The smallest absolute Gasteiger partial charge is 0.252 e. The molecule has 3 rings (SSSR count). The van der Waals surface area contributed by atoms with Gasteiger partial charge in [-0.15, -0.1) is 0 Å². The summed E-state index contributed by atoms with van der Waals surface area (Å²) in [5, 5.41) is 3.86. The number of carbonyl (C=O) groups is 1. The van der Waals surface area contributed by atoms with Gasteiger partial charge in [0.25, 0.3) is 5.91 Å². The molecule has 0 saturated carbocycles. The molecule has 0 bridgehead atoms. The first-order valence-electron chi connectivity index (χ1n) is 7.86. The molecule has 0 fully saturated rings. The van der Waals surface area contributed by atoms with Crippen LogP contribution in [-0.4, -0.2) is 18.0 Å². The summed E-state index contributed by atoms with van der Waals surface area (Å²) >= 11 is 0. The number of rotatable bonds is 4. The summed E-state index contributed by atoms with van der Waals surface area (Å²) in [6, 6.07) is 15.4. The standard InChI is InChI=1S/C20H20N2O2/c1-13-6-4-9-17-18(10-14(2)22-19(13)17)20(23)21-12-15-7-5-8-16(11-15)24-3/h4-11H,12H2,1-3H3,(H,21,23). The fourth-order valence-corrected chi connectivity index (χ4v) is 2.77. The third-order valence-electron chi connectivity index (χ3n) is 4.00. The number of nitrogens with one attached hydrogen (secondary N) is 1. The minimum absolute atomic E-state index is 0.0982. The van der Waals surface area contributed by atoms with Crippen LogP contribution in [0.25, 0.3) is 10.9 Å². The minimum atomic E-state index is -0.0982. The van der Waals surface area contributed by atoms with Crippen molar-refractivity contribution in [3.8, 4) is 5.75 Å². The second-order valence-electron chi connectivity index (χ2n) is 5.82. The molecule has 4 heteroatoms. The van der Waals surface area contributed by atoms with Crippen molar-refractivity contribution in [2.24, 2.45) is 0 Å². The molecule has 4 nitrogen and oxygen atoms in total. The quantitative estimate of drug-likeness (QED) is 0.795. The molecule has 1 aromatic heterocycles. The molecular weight excluding hydrogens is 300 g/mol. The number of nitrogens with zero attached hydrogens (tertiary/aromatic N) is 1. The lowest BCUT2D eigenvalue weighted by Crippen LogP contribution is -2.23. The Bertz CT molecular complexity index is 903. The monoisotopic (exact) mass is 320 g/mol. The minimum Gasteiger partial charge on any atom is -0.497 e. The molecule has 0 aliphatic rings. The summed E-state index contributed by atoms with van der Waals surface area (Å²) < 4.78 is 5.21. The number of hydrogen-bond donors (Lipinski definition) is 1.